The molecular formula is C15H23N3O3. The molecule has 0 radical (unpaired) electrons. The summed E-state index contributed by atoms with van der Waals surface area (Å²) in [7, 11) is 0. The van der Waals surface area contributed by atoms with Crippen LogP contribution >= 0.6 is 0 Å². The Hall–Kier alpha value is -1.82. The van der Waals surface area contributed by atoms with Crippen molar-refractivity contribution in [3.8, 4) is 0 Å². The Labute approximate surface area is 124 Å². The van der Waals surface area contributed by atoms with Gasteiger partial charge in [-0.25, -0.2) is 0 Å². The molecule has 1 saturated carbocycles. The highest BCUT2D eigenvalue weighted by atomic mass is 16.6. The molecule has 21 heavy (non-hydrogen) atoms. The minimum absolute atomic E-state index is 0.0880. The van der Waals surface area contributed by atoms with E-state index in [-0.39, 0.29) is 16.7 Å². The topological polar surface area (TPSA) is 87.4 Å². The van der Waals surface area contributed by atoms with Crippen molar-refractivity contribution < 1.29 is 10.0 Å². The normalized spacial score (nSPS) is 21.2. The fraction of sp³-hybridized carbons (Fsp3) is 0.600. The molecule has 0 heterocycles. The van der Waals surface area contributed by atoms with Crippen molar-refractivity contribution >= 4 is 17.1 Å². The van der Waals surface area contributed by atoms with Gasteiger partial charge in [0.2, 0.25) is 0 Å². The highest BCUT2D eigenvalue weighted by Crippen LogP contribution is 2.28. The number of nitrogens with zero attached hydrogens (tertiary/aromatic N) is 1. The van der Waals surface area contributed by atoms with Gasteiger partial charge in [0.1, 0.15) is 0 Å². The summed E-state index contributed by atoms with van der Waals surface area (Å²) < 4.78 is 0. The molecule has 1 aromatic rings. The Morgan fingerprint density at radius 2 is 2.00 bits per heavy atom. The van der Waals surface area contributed by atoms with E-state index in [1.807, 2.05) is 6.07 Å². The van der Waals surface area contributed by atoms with Crippen molar-refractivity contribution in [2.45, 2.75) is 38.7 Å². The van der Waals surface area contributed by atoms with Gasteiger partial charge in [0, 0.05) is 36.6 Å². The number of aliphatic hydroxyl groups is 1. The molecule has 0 aromatic heterocycles. The van der Waals surface area contributed by atoms with E-state index < -0.39 is 0 Å². The maximum absolute atomic E-state index is 11.0. The smallest absolute Gasteiger partial charge is 0.273 e. The van der Waals surface area contributed by atoms with Gasteiger partial charge in [0.15, 0.2) is 0 Å². The number of benzene rings is 1. The fourth-order valence-electron chi connectivity index (χ4n) is 2.69. The average molecular weight is 293 g/mol. The largest absolute Gasteiger partial charge is 0.393 e. The number of nitro groups is 1. The number of aliphatic hydroxyl groups excluding tert-OH is 1. The van der Waals surface area contributed by atoms with Gasteiger partial charge in [0.25, 0.3) is 5.69 Å². The molecule has 116 valence electrons. The lowest BCUT2D eigenvalue weighted by Gasteiger charge is -2.13. The highest BCUT2D eigenvalue weighted by Gasteiger charge is 2.22. The van der Waals surface area contributed by atoms with Crippen molar-refractivity contribution in [3.63, 3.8) is 0 Å². The van der Waals surface area contributed by atoms with E-state index in [1.54, 1.807) is 12.1 Å². The maximum Gasteiger partial charge on any atom is 0.273 e. The van der Waals surface area contributed by atoms with Crippen LogP contribution in [-0.2, 0) is 0 Å². The first-order valence-corrected chi connectivity index (χ1v) is 7.53. The zero-order valence-electron chi connectivity index (χ0n) is 12.3. The summed E-state index contributed by atoms with van der Waals surface area (Å²) in [4.78, 5) is 10.6. The van der Waals surface area contributed by atoms with Crippen molar-refractivity contribution in [2.24, 2.45) is 5.92 Å². The Kier molecular flexibility index (Phi) is 5.38. The number of anilines is 2. The first-order valence-electron chi connectivity index (χ1n) is 7.53. The number of hydrogen-bond acceptors (Lipinski definition) is 5. The van der Waals surface area contributed by atoms with E-state index in [4.69, 9.17) is 0 Å². The minimum Gasteiger partial charge on any atom is -0.393 e. The SMILES string of the molecule is CCCNc1cc(NCC2CCC(O)C2)cc([N+](=O)[O-])c1. The van der Waals surface area contributed by atoms with Crippen LogP contribution < -0.4 is 10.6 Å². The van der Waals surface area contributed by atoms with Crippen molar-refractivity contribution in [2.75, 3.05) is 23.7 Å². The summed E-state index contributed by atoms with van der Waals surface area (Å²) in [5, 5.41) is 27.0. The van der Waals surface area contributed by atoms with Gasteiger partial charge in [0.05, 0.1) is 11.0 Å². The number of nitrogens with one attached hydrogen (secondary N) is 2. The van der Waals surface area contributed by atoms with Gasteiger partial charge in [-0.05, 0) is 37.7 Å². The fourth-order valence-corrected chi connectivity index (χ4v) is 2.69. The van der Waals surface area contributed by atoms with Gasteiger partial charge < -0.3 is 15.7 Å². The van der Waals surface area contributed by atoms with Crippen LogP contribution in [0.15, 0.2) is 18.2 Å². The lowest BCUT2D eigenvalue weighted by molar-refractivity contribution is -0.384. The molecule has 2 atom stereocenters. The van der Waals surface area contributed by atoms with Gasteiger partial charge >= 0.3 is 0 Å². The summed E-state index contributed by atoms with van der Waals surface area (Å²) >= 11 is 0. The molecule has 1 aromatic carbocycles. The van der Waals surface area contributed by atoms with E-state index in [0.717, 1.165) is 50.1 Å². The molecule has 0 saturated heterocycles. The van der Waals surface area contributed by atoms with Crippen molar-refractivity contribution in [1.29, 1.82) is 0 Å². The second kappa shape index (κ2) is 7.26. The molecule has 0 amide bonds. The zero-order valence-corrected chi connectivity index (χ0v) is 12.3. The van der Waals surface area contributed by atoms with E-state index in [1.165, 1.54) is 0 Å². The van der Waals surface area contributed by atoms with Crippen LogP contribution in [0, 0.1) is 16.0 Å². The quantitative estimate of drug-likeness (QED) is 0.531. The summed E-state index contributed by atoms with van der Waals surface area (Å²) in [5.74, 6) is 0.436. The number of non-ortho nitro benzene ring substituents is 1. The molecule has 6 heteroatoms. The monoisotopic (exact) mass is 293 g/mol. The van der Waals surface area contributed by atoms with Crippen LogP contribution in [0.5, 0.6) is 0 Å². The Morgan fingerprint density at radius 3 is 2.57 bits per heavy atom. The number of hydrogen-bond donors (Lipinski definition) is 3. The van der Waals surface area contributed by atoms with E-state index in [0.29, 0.717) is 5.92 Å². The first-order chi connectivity index (χ1) is 10.1. The van der Waals surface area contributed by atoms with Crippen LogP contribution in [-0.4, -0.2) is 29.2 Å². The Balaban J connectivity index is 2.02. The zero-order chi connectivity index (χ0) is 15.2. The molecule has 1 aliphatic rings. The Bertz CT molecular complexity index is 493. The van der Waals surface area contributed by atoms with E-state index in [9.17, 15) is 15.2 Å². The van der Waals surface area contributed by atoms with Crippen LogP contribution in [0.25, 0.3) is 0 Å². The molecule has 0 aliphatic heterocycles. The van der Waals surface area contributed by atoms with Crippen LogP contribution in [0.3, 0.4) is 0 Å². The standard InChI is InChI=1S/C15H23N3O3/c1-2-5-16-12-7-13(9-14(8-12)18(20)21)17-10-11-3-4-15(19)6-11/h7-9,11,15-17,19H,2-6,10H2,1H3. The summed E-state index contributed by atoms with van der Waals surface area (Å²) in [6.07, 6.45) is 3.44. The second-order valence-electron chi connectivity index (χ2n) is 5.67. The third-order valence-corrected chi connectivity index (χ3v) is 3.82. The maximum atomic E-state index is 11.0. The van der Waals surface area contributed by atoms with E-state index in [2.05, 4.69) is 17.6 Å². The molecule has 1 aliphatic carbocycles. The minimum atomic E-state index is -0.373. The van der Waals surface area contributed by atoms with Gasteiger partial charge in [-0.1, -0.05) is 6.92 Å². The third kappa shape index (κ3) is 4.60. The van der Waals surface area contributed by atoms with Gasteiger partial charge in [-0.2, -0.15) is 0 Å². The lowest BCUT2D eigenvalue weighted by Crippen LogP contribution is -2.13. The van der Waals surface area contributed by atoms with Crippen molar-refractivity contribution in [3.05, 3.63) is 28.3 Å². The Morgan fingerprint density at radius 1 is 1.29 bits per heavy atom. The molecule has 3 N–H and O–H groups in total. The molecule has 6 nitrogen and oxygen atoms in total. The van der Waals surface area contributed by atoms with Crippen molar-refractivity contribution in [1.82, 2.24) is 0 Å². The third-order valence-electron chi connectivity index (χ3n) is 3.82. The lowest BCUT2D eigenvalue weighted by atomic mass is 10.1. The molecule has 2 rings (SSSR count). The molecular weight excluding hydrogens is 270 g/mol. The van der Waals surface area contributed by atoms with E-state index >= 15 is 0 Å². The second-order valence-corrected chi connectivity index (χ2v) is 5.67. The first kappa shape index (κ1) is 15.6. The molecule has 0 spiro atoms. The van der Waals surface area contributed by atoms with Gasteiger partial charge in [-0.15, -0.1) is 0 Å². The predicted molar refractivity (Wildman–Crippen MR) is 83.7 cm³/mol. The molecule has 0 bridgehead atoms. The molecule has 1 fully saturated rings. The number of nitro benzene ring substituents is 1. The molecule has 2 unspecified atom stereocenters. The van der Waals surface area contributed by atoms with Crippen LogP contribution in [0.4, 0.5) is 17.1 Å². The highest BCUT2D eigenvalue weighted by molar-refractivity contribution is 5.63. The van der Waals surface area contributed by atoms with Crippen LogP contribution in [0.1, 0.15) is 32.6 Å². The predicted octanol–water partition coefficient (Wildman–Crippen LogP) is 2.99. The average Bonchev–Trinajstić information content (AvgIpc) is 2.88. The number of rotatable bonds is 7. The summed E-state index contributed by atoms with van der Waals surface area (Å²) in [6, 6.07) is 5.01. The van der Waals surface area contributed by atoms with Gasteiger partial charge in [-0.3, -0.25) is 10.1 Å². The van der Waals surface area contributed by atoms with Crippen LogP contribution in [0.2, 0.25) is 0 Å². The summed E-state index contributed by atoms with van der Waals surface area (Å²) in [6.45, 7) is 3.58. The summed E-state index contributed by atoms with van der Waals surface area (Å²) in [5.41, 5.74) is 1.61.